The molecule has 21 heavy (non-hydrogen) atoms. The Labute approximate surface area is 126 Å². The van der Waals surface area contributed by atoms with Gasteiger partial charge in [0.15, 0.2) is 0 Å². The maximum absolute atomic E-state index is 13.9. The number of hydrogen-bond acceptors (Lipinski definition) is 3. The van der Waals surface area contributed by atoms with Gasteiger partial charge in [-0.25, -0.2) is 18.0 Å². The second kappa shape index (κ2) is 6.43. The van der Waals surface area contributed by atoms with Crippen molar-refractivity contribution in [2.75, 3.05) is 13.1 Å². The smallest absolute Gasteiger partial charge is 0.204 e. The van der Waals surface area contributed by atoms with Crippen LogP contribution >= 0.6 is 0 Å². The second-order valence-corrected chi connectivity index (χ2v) is 6.73. The van der Waals surface area contributed by atoms with Crippen LogP contribution in [0.4, 0.5) is 4.39 Å². The molecule has 0 spiro atoms. The molecule has 0 radical (unpaired) electrons. The highest BCUT2D eigenvalue weighted by atomic mass is 32.2. The van der Waals surface area contributed by atoms with Gasteiger partial charge in [-0.3, -0.25) is 4.31 Å². The summed E-state index contributed by atoms with van der Waals surface area (Å²) in [6.45, 7) is 4.69. The van der Waals surface area contributed by atoms with Gasteiger partial charge in [-0.15, -0.1) is 0 Å². The molecule has 0 saturated heterocycles. The van der Waals surface area contributed by atoms with Gasteiger partial charge >= 0.3 is 0 Å². The first kappa shape index (κ1) is 15.8. The Bertz CT molecular complexity index is 623. The van der Waals surface area contributed by atoms with E-state index in [2.05, 4.69) is 9.36 Å². The van der Waals surface area contributed by atoms with Crippen LogP contribution in [-0.4, -0.2) is 27.6 Å². The van der Waals surface area contributed by atoms with Gasteiger partial charge in [-0.2, -0.15) is 0 Å². The molecule has 2 rings (SSSR count). The molecular weight excluding hydrogens is 291 g/mol. The third kappa shape index (κ3) is 3.72. The zero-order valence-corrected chi connectivity index (χ0v) is 13.2. The van der Waals surface area contributed by atoms with Crippen LogP contribution in [0.1, 0.15) is 32.3 Å². The molecule has 0 bridgehead atoms. The Balaban J connectivity index is 2.32. The molecule has 0 aromatic heterocycles. The molecule has 7 heteroatoms. The van der Waals surface area contributed by atoms with Gasteiger partial charge in [-0.05, 0) is 32.8 Å². The van der Waals surface area contributed by atoms with Crippen LogP contribution in [0.2, 0.25) is 0 Å². The summed E-state index contributed by atoms with van der Waals surface area (Å²) >= 11 is 0. The topological polar surface area (TPSA) is 71.0 Å². The molecule has 5 nitrogen and oxygen atoms in total. The monoisotopic (exact) mass is 312 g/mol. The van der Waals surface area contributed by atoms with Gasteiger partial charge in [0, 0.05) is 18.7 Å². The number of rotatable bonds is 2. The van der Waals surface area contributed by atoms with E-state index in [1.165, 1.54) is 10.4 Å². The summed E-state index contributed by atoms with van der Waals surface area (Å²) in [4.78, 5) is 4.39. The molecule has 1 aromatic carbocycles. The van der Waals surface area contributed by atoms with Crippen LogP contribution in [0.25, 0.3) is 0 Å². The number of nitrogens with zero attached hydrogens (tertiary/aromatic N) is 3. The fourth-order valence-corrected chi connectivity index (χ4v) is 3.25. The first-order chi connectivity index (χ1) is 9.92. The van der Waals surface area contributed by atoms with Gasteiger partial charge in [-0.1, -0.05) is 18.2 Å². The van der Waals surface area contributed by atoms with E-state index in [0.717, 1.165) is 12.8 Å². The fourth-order valence-electron chi connectivity index (χ4n) is 2.26. The Morgan fingerprint density at radius 3 is 2.86 bits per heavy atom. The van der Waals surface area contributed by atoms with Crippen LogP contribution in [-0.2, 0) is 16.3 Å². The van der Waals surface area contributed by atoms with Crippen LogP contribution < -0.4 is 5.73 Å². The molecule has 1 heterocycles. The van der Waals surface area contributed by atoms with Gasteiger partial charge in [0.05, 0.1) is 5.54 Å². The Morgan fingerprint density at radius 2 is 2.14 bits per heavy atom. The molecule has 2 N–H and O–H groups in total. The molecule has 1 aliphatic rings. The molecule has 1 aliphatic heterocycles. The summed E-state index contributed by atoms with van der Waals surface area (Å²) in [5, 5.41) is 0. The number of hydrogen-bond donors (Lipinski definition) is 2. The number of thiol groups is 1. The van der Waals surface area contributed by atoms with E-state index in [9.17, 15) is 8.60 Å². The first-order valence-corrected chi connectivity index (χ1v) is 8.11. The lowest BCUT2D eigenvalue weighted by molar-refractivity contribution is 0.492. The van der Waals surface area contributed by atoms with Crippen molar-refractivity contribution in [1.29, 1.82) is 0 Å². The zero-order valence-electron chi connectivity index (χ0n) is 12.3. The van der Waals surface area contributed by atoms with Gasteiger partial charge in [0.1, 0.15) is 16.6 Å². The average molecular weight is 312 g/mol. The van der Waals surface area contributed by atoms with Crippen molar-refractivity contribution in [3.05, 3.63) is 35.6 Å². The van der Waals surface area contributed by atoms with Gasteiger partial charge in [0.25, 0.3) is 0 Å². The number of halogens is 1. The summed E-state index contributed by atoms with van der Waals surface area (Å²) in [6.07, 6.45) is 1.75. The quantitative estimate of drug-likeness (QED) is 0.498. The minimum absolute atomic E-state index is 0.148. The van der Waals surface area contributed by atoms with Crippen molar-refractivity contribution in [3.8, 4) is 0 Å². The minimum atomic E-state index is -1.89. The average Bonchev–Trinajstić information content (AvgIpc) is 2.63. The maximum atomic E-state index is 13.9. The zero-order chi connectivity index (χ0) is 15.5. The van der Waals surface area contributed by atoms with E-state index in [1.807, 2.05) is 0 Å². The normalized spacial score (nSPS) is 20.8. The Hall–Kier alpha value is -1.63. The van der Waals surface area contributed by atoms with E-state index in [-0.39, 0.29) is 11.8 Å². The summed E-state index contributed by atoms with van der Waals surface area (Å²) in [5.41, 5.74) is 5.61. The van der Waals surface area contributed by atoms with E-state index < -0.39 is 16.3 Å². The fraction of sp³-hybridized carbons (Fsp3) is 0.500. The van der Waals surface area contributed by atoms with Crippen molar-refractivity contribution in [1.82, 2.24) is 4.31 Å². The van der Waals surface area contributed by atoms with Gasteiger partial charge in [0.2, 0.25) is 5.96 Å². The lowest BCUT2D eigenvalue weighted by Crippen LogP contribution is -2.38. The van der Waals surface area contributed by atoms with Crippen LogP contribution in [0.15, 0.2) is 33.6 Å². The number of guanidine groups is 1. The number of nitrogens with two attached hydrogens (primary N) is 1. The van der Waals surface area contributed by atoms with Crippen molar-refractivity contribution in [2.45, 2.75) is 32.2 Å². The van der Waals surface area contributed by atoms with E-state index in [0.29, 0.717) is 18.7 Å². The molecule has 0 saturated carbocycles. The van der Waals surface area contributed by atoms with Crippen molar-refractivity contribution >= 4 is 16.7 Å². The second-order valence-electron chi connectivity index (χ2n) is 5.46. The molecule has 1 atom stereocenters. The predicted octanol–water partition coefficient (Wildman–Crippen LogP) is 2.05. The summed E-state index contributed by atoms with van der Waals surface area (Å²) in [5.74, 6) is -0.181. The van der Waals surface area contributed by atoms with Crippen molar-refractivity contribution in [2.24, 2.45) is 15.1 Å². The van der Waals surface area contributed by atoms with Crippen LogP contribution in [0, 0.1) is 5.82 Å². The highest BCUT2D eigenvalue weighted by Gasteiger charge is 2.25. The largest absolute Gasteiger partial charge is 0.369 e. The van der Waals surface area contributed by atoms with Gasteiger partial charge < -0.3 is 5.73 Å². The third-order valence-corrected chi connectivity index (χ3v) is 4.66. The molecule has 1 unspecified atom stereocenters. The standard InChI is InChI=1S/C14H21FN4OS/c1-14(2,11-7-3-4-8-12(11)15)18-13(16)19-10-6-5-9-17-21(19)20/h3-4,7-8,21H,5-6,9-10H2,1-2H3,(H2,16,18). The van der Waals surface area contributed by atoms with Crippen LogP contribution in [0.3, 0.4) is 0 Å². The Kier molecular flexibility index (Phi) is 4.82. The van der Waals surface area contributed by atoms with Crippen LogP contribution in [0.5, 0.6) is 0 Å². The van der Waals surface area contributed by atoms with E-state index in [4.69, 9.17) is 5.73 Å². The lowest BCUT2D eigenvalue weighted by Gasteiger charge is -2.25. The molecule has 1 aromatic rings. The molecule has 0 aliphatic carbocycles. The maximum Gasteiger partial charge on any atom is 0.204 e. The van der Waals surface area contributed by atoms with Crippen molar-refractivity contribution < 1.29 is 8.60 Å². The highest BCUT2D eigenvalue weighted by molar-refractivity contribution is 7.73. The van der Waals surface area contributed by atoms with E-state index in [1.54, 1.807) is 32.0 Å². The highest BCUT2D eigenvalue weighted by Crippen LogP contribution is 2.27. The molecule has 0 amide bonds. The predicted molar refractivity (Wildman–Crippen MR) is 83.8 cm³/mol. The molecular formula is C14H21FN4OS. The first-order valence-electron chi connectivity index (χ1n) is 6.94. The Morgan fingerprint density at radius 1 is 1.43 bits per heavy atom. The summed E-state index contributed by atoms with van der Waals surface area (Å²) in [6, 6.07) is 6.46. The third-order valence-electron chi connectivity index (χ3n) is 3.40. The van der Waals surface area contributed by atoms with Crippen molar-refractivity contribution in [3.63, 3.8) is 0 Å². The summed E-state index contributed by atoms with van der Waals surface area (Å²) < 4.78 is 31.5. The number of aliphatic imine (C=N–C) groups is 1. The summed E-state index contributed by atoms with van der Waals surface area (Å²) in [7, 11) is -1.89. The lowest BCUT2D eigenvalue weighted by atomic mass is 9.95. The minimum Gasteiger partial charge on any atom is -0.369 e. The number of benzene rings is 1. The molecule has 116 valence electrons. The SMILES string of the molecule is CC(C)(/N=C(/N)N1CCCCN=[SH]1=O)c1ccccc1F. The van der Waals surface area contributed by atoms with E-state index >= 15 is 0 Å². The molecule has 0 fully saturated rings.